The minimum absolute atomic E-state index is 0.102. The molecule has 0 aromatic rings. The summed E-state index contributed by atoms with van der Waals surface area (Å²) >= 11 is 0. The number of phosphoric ester groups is 2. The summed E-state index contributed by atoms with van der Waals surface area (Å²) in [5.41, 5.74) is 0. The van der Waals surface area contributed by atoms with Gasteiger partial charge in [0.25, 0.3) is 0 Å². The van der Waals surface area contributed by atoms with Crippen LogP contribution in [-0.4, -0.2) is 96.7 Å². The highest BCUT2D eigenvalue weighted by atomic mass is 31.2. The second-order valence-corrected chi connectivity index (χ2v) is 28.4. The van der Waals surface area contributed by atoms with Gasteiger partial charge in [-0.2, -0.15) is 0 Å². The molecule has 85 heavy (non-hydrogen) atoms. The molecule has 0 heterocycles. The average Bonchev–Trinajstić information content (AvgIpc) is 3.48. The SMILES string of the molecule is CCC(C)CCCCCCCCC(=O)O[C@H](COC(=O)CCCCCCCCCC(C)C)COP(=O)(O)OCC(O)COP(=O)(O)OC[C@@H](COC(=O)CCCCCCCCCCCCC(C)C)OC(=O)CCCCCCCCCCCC(C)C. The maximum absolute atomic E-state index is 13.0. The molecule has 19 heteroatoms. The Hall–Kier alpha value is -1.94. The molecule has 504 valence electrons. The van der Waals surface area contributed by atoms with Crippen LogP contribution < -0.4 is 0 Å². The molecular formula is C66H128O17P2. The van der Waals surface area contributed by atoms with Crippen LogP contribution in [0.4, 0.5) is 0 Å². The number of phosphoric acid groups is 2. The molecule has 0 spiro atoms. The van der Waals surface area contributed by atoms with E-state index in [0.29, 0.717) is 31.6 Å². The summed E-state index contributed by atoms with van der Waals surface area (Å²) in [4.78, 5) is 72.3. The monoisotopic (exact) mass is 1250 g/mol. The molecule has 0 aromatic carbocycles. The highest BCUT2D eigenvalue weighted by Gasteiger charge is 2.30. The zero-order valence-electron chi connectivity index (χ0n) is 55.2. The lowest BCUT2D eigenvalue weighted by atomic mass is 10.00. The summed E-state index contributed by atoms with van der Waals surface area (Å²) in [6.07, 6.45) is 36.3. The number of aliphatic hydroxyl groups is 1. The first-order valence-electron chi connectivity index (χ1n) is 34.2. The summed E-state index contributed by atoms with van der Waals surface area (Å²) in [5, 5.41) is 10.5. The van der Waals surface area contributed by atoms with Crippen molar-refractivity contribution in [2.45, 2.75) is 337 Å². The number of hydrogen-bond acceptors (Lipinski definition) is 15. The van der Waals surface area contributed by atoms with Gasteiger partial charge in [0.1, 0.15) is 19.3 Å². The Morgan fingerprint density at radius 2 is 0.565 bits per heavy atom. The molecule has 0 saturated carbocycles. The van der Waals surface area contributed by atoms with Crippen molar-refractivity contribution in [2.24, 2.45) is 23.7 Å². The fourth-order valence-corrected chi connectivity index (χ4v) is 11.3. The van der Waals surface area contributed by atoms with Crippen LogP contribution in [-0.2, 0) is 65.4 Å². The molecule has 0 aliphatic heterocycles. The average molecular weight is 1260 g/mol. The van der Waals surface area contributed by atoms with Crippen molar-refractivity contribution in [1.82, 2.24) is 0 Å². The number of hydrogen-bond donors (Lipinski definition) is 3. The molecule has 3 N–H and O–H groups in total. The van der Waals surface area contributed by atoms with E-state index in [0.717, 1.165) is 114 Å². The van der Waals surface area contributed by atoms with Gasteiger partial charge >= 0.3 is 39.5 Å². The van der Waals surface area contributed by atoms with Crippen LogP contribution in [0.5, 0.6) is 0 Å². The van der Waals surface area contributed by atoms with Crippen molar-refractivity contribution < 1.29 is 80.2 Å². The molecule has 0 radical (unpaired) electrons. The van der Waals surface area contributed by atoms with Crippen molar-refractivity contribution in [3.63, 3.8) is 0 Å². The molecular weight excluding hydrogens is 1130 g/mol. The molecule has 17 nitrogen and oxygen atoms in total. The zero-order chi connectivity index (χ0) is 63.2. The maximum Gasteiger partial charge on any atom is 0.472 e. The second-order valence-electron chi connectivity index (χ2n) is 25.5. The van der Waals surface area contributed by atoms with Gasteiger partial charge in [0.15, 0.2) is 12.2 Å². The Kier molecular flexibility index (Phi) is 54.8. The van der Waals surface area contributed by atoms with E-state index in [1.165, 1.54) is 116 Å². The summed E-state index contributed by atoms with van der Waals surface area (Å²) in [6.45, 7) is 14.0. The molecule has 0 aliphatic carbocycles. The number of esters is 4. The fourth-order valence-electron chi connectivity index (χ4n) is 9.75. The van der Waals surface area contributed by atoms with E-state index in [-0.39, 0.29) is 25.7 Å². The highest BCUT2D eigenvalue weighted by Crippen LogP contribution is 2.45. The van der Waals surface area contributed by atoms with E-state index in [9.17, 15) is 43.2 Å². The Morgan fingerprint density at radius 3 is 0.835 bits per heavy atom. The van der Waals surface area contributed by atoms with E-state index in [1.807, 2.05) is 0 Å². The Balaban J connectivity index is 5.26. The van der Waals surface area contributed by atoms with Crippen LogP contribution in [0.2, 0.25) is 0 Å². The number of aliphatic hydroxyl groups excluding tert-OH is 1. The van der Waals surface area contributed by atoms with Gasteiger partial charge in [-0.05, 0) is 49.4 Å². The molecule has 0 bridgehead atoms. The molecule has 6 atom stereocenters. The van der Waals surface area contributed by atoms with Gasteiger partial charge in [-0.15, -0.1) is 0 Å². The van der Waals surface area contributed by atoms with Gasteiger partial charge < -0.3 is 33.8 Å². The van der Waals surface area contributed by atoms with Gasteiger partial charge in [-0.25, -0.2) is 9.13 Å². The fraction of sp³-hybridized carbons (Fsp3) is 0.939. The molecule has 4 unspecified atom stereocenters. The molecule has 0 amide bonds. The van der Waals surface area contributed by atoms with Crippen LogP contribution in [0.3, 0.4) is 0 Å². The van der Waals surface area contributed by atoms with Crippen molar-refractivity contribution in [1.29, 1.82) is 0 Å². The minimum atomic E-state index is -4.95. The summed E-state index contributed by atoms with van der Waals surface area (Å²) in [7, 11) is -9.89. The van der Waals surface area contributed by atoms with Gasteiger partial charge in [-0.1, -0.05) is 267 Å². The lowest BCUT2D eigenvalue weighted by Gasteiger charge is -2.21. The predicted octanol–water partition coefficient (Wildman–Crippen LogP) is 18.1. The normalized spacial score (nSPS) is 14.7. The molecule has 0 fully saturated rings. The van der Waals surface area contributed by atoms with E-state index in [2.05, 4.69) is 55.4 Å². The lowest BCUT2D eigenvalue weighted by Crippen LogP contribution is -2.30. The van der Waals surface area contributed by atoms with Crippen LogP contribution in [0.1, 0.15) is 319 Å². The third-order valence-electron chi connectivity index (χ3n) is 15.4. The zero-order valence-corrected chi connectivity index (χ0v) is 57.0. The minimum Gasteiger partial charge on any atom is -0.462 e. The number of carbonyl (C=O) groups is 4. The molecule has 0 aliphatic rings. The lowest BCUT2D eigenvalue weighted by molar-refractivity contribution is -0.161. The van der Waals surface area contributed by atoms with Gasteiger partial charge in [0.2, 0.25) is 0 Å². The van der Waals surface area contributed by atoms with E-state index in [4.69, 9.17) is 37.0 Å². The third-order valence-corrected chi connectivity index (χ3v) is 17.3. The topological polar surface area (TPSA) is 237 Å². The van der Waals surface area contributed by atoms with Crippen molar-refractivity contribution >= 4 is 39.5 Å². The third kappa shape index (κ3) is 59.5. The first-order chi connectivity index (χ1) is 40.6. The largest absolute Gasteiger partial charge is 0.472 e. The number of unbranched alkanes of at least 4 members (excludes halogenated alkanes) is 28. The van der Waals surface area contributed by atoms with Crippen LogP contribution in [0, 0.1) is 23.7 Å². The van der Waals surface area contributed by atoms with Gasteiger partial charge in [0.05, 0.1) is 26.4 Å². The van der Waals surface area contributed by atoms with Crippen LogP contribution in [0.15, 0.2) is 0 Å². The van der Waals surface area contributed by atoms with Crippen molar-refractivity contribution in [2.75, 3.05) is 39.6 Å². The smallest absolute Gasteiger partial charge is 0.462 e. The quantitative estimate of drug-likeness (QED) is 0.0222. The van der Waals surface area contributed by atoms with Crippen molar-refractivity contribution in [3.8, 4) is 0 Å². The standard InChI is InChI=1S/C66H128O17P2/c1-9-59(8)45-37-29-24-25-33-41-49-66(71)83-62(53-77-64(69)47-39-31-23-17-20-28-36-44-58(6)7)55-81-85(74,75)79-51-60(67)50-78-84(72,73)80-54-61(82-65(70)48-40-32-22-16-12-14-19-27-35-43-57(4)5)52-76-63(68)46-38-30-21-15-11-10-13-18-26-34-42-56(2)3/h56-62,67H,9-55H2,1-8H3,(H,72,73)(H,74,75)/t59?,60?,61-,62-/m1/s1. The molecule has 0 rings (SSSR count). The predicted molar refractivity (Wildman–Crippen MR) is 340 cm³/mol. The summed E-state index contributed by atoms with van der Waals surface area (Å²) < 4.78 is 68.1. The molecule has 0 saturated heterocycles. The Morgan fingerprint density at radius 1 is 0.329 bits per heavy atom. The molecule has 0 aromatic heterocycles. The van der Waals surface area contributed by atoms with Gasteiger partial charge in [-0.3, -0.25) is 37.3 Å². The van der Waals surface area contributed by atoms with E-state index >= 15 is 0 Å². The van der Waals surface area contributed by atoms with Crippen LogP contribution in [0.25, 0.3) is 0 Å². The number of ether oxygens (including phenoxy) is 4. The van der Waals surface area contributed by atoms with Crippen molar-refractivity contribution in [3.05, 3.63) is 0 Å². The summed E-state index contributed by atoms with van der Waals surface area (Å²) in [6, 6.07) is 0. The van der Waals surface area contributed by atoms with Crippen LogP contribution >= 0.6 is 15.6 Å². The van der Waals surface area contributed by atoms with Gasteiger partial charge in [0, 0.05) is 25.7 Å². The van der Waals surface area contributed by atoms with E-state index < -0.39 is 97.5 Å². The number of carbonyl (C=O) groups excluding carboxylic acids is 4. The summed E-state index contributed by atoms with van der Waals surface area (Å²) in [5.74, 6) is 0.782. The Bertz CT molecular complexity index is 1700. The second kappa shape index (κ2) is 56.1. The number of rotatable bonds is 63. The Labute approximate surface area is 517 Å². The highest BCUT2D eigenvalue weighted by molar-refractivity contribution is 7.47. The van der Waals surface area contributed by atoms with E-state index in [1.54, 1.807) is 0 Å². The maximum atomic E-state index is 13.0. The first-order valence-corrected chi connectivity index (χ1v) is 37.2. The first kappa shape index (κ1) is 83.1.